The highest BCUT2D eigenvalue weighted by molar-refractivity contribution is 5.88. The maximum Gasteiger partial charge on any atom is 0.240 e. The second-order valence-electron chi connectivity index (χ2n) is 4.49. The zero-order valence-corrected chi connectivity index (χ0v) is 9.34. The lowest BCUT2D eigenvalue weighted by atomic mass is 10.2. The Morgan fingerprint density at radius 3 is 2.57 bits per heavy atom. The van der Waals surface area contributed by atoms with Crippen LogP contribution in [0.15, 0.2) is 0 Å². The van der Waals surface area contributed by atoms with Gasteiger partial charge in [-0.2, -0.15) is 0 Å². The van der Waals surface area contributed by atoms with Crippen molar-refractivity contribution in [2.75, 3.05) is 20.1 Å². The smallest absolute Gasteiger partial charge is 0.240 e. The summed E-state index contributed by atoms with van der Waals surface area (Å²) in [7, 11) is 2.05. The van der Waals surface area contributed by atoms with Gasteiger partial charge in [0.1, 0.15) is 0 Å². The minimum absolute atomic E-state index is 0.00894. The highest BCUT2D eigenvalue weighted by Crippen LogP contribution is 2.31. The summed E-state index contributed by atoms with van der Waals surface area (Å²) in [6.07, 6.45) is 1.66. The van der Waals surface area contributed by atoms with Crippen molar-refractivity contribution in [3.63, 3.8) is 0 Å². The Morgan fingerprint density at radius 1 is 1.57 bits per heavy atom. The molecular weight excluding hydrogens is 178 g/mol. The lowest BCUT2D eigenvalue weighted by Crippen LogP contribution is -2.45. The lowest BCUT2D eigenvalue weighted by molar-refractivity contribution is -0.123. The van der Waals surface area contributed by atoms with Gasteiger partial charge in [0.25, 0.3) is 0 Å². The zero-order chi connectivity index (χ0) is 10.8. The normalized spacial score (nSPS) is 18.7. The zero-order valence-electron chi connectivity index (χ0n) is 9.34. The predicted octanol–water partition coefficient (Wildman–Crippen LogP) is -0.0659. The van der Waals surface area contributed by atoms with E-state index in [0.29, 0.717) is 12.6 Å². The molecule has 0 aromatic carbocycles. The fourth-order valence-corrected chi connectivity index (χ4v) is 1.14. The van der Waals surface area contributed by atoms with Gasteiger partial charge in [0.05, 0.1) is 5.54 Å². The molecule has 1 rings (SSSR count). The topological polar surface area (TPSA) is 58.4 Å². The second kappa shape index (κ2) is 4.28. The number of carbonyl (C=O) groups excluding carboxylic acids is 1. The molecule has 1 aliphatic rings. The summed E-state index contributed by atoms with van der Waals surface area (Å²) in [6.45, 7) is 5.83. The molecular formula is C10H21N3O. The van der Waals surface area contributed by atoms with E-state index < -0.39 is 5.54 Å². The van der Waals surface area contributed by atoms with Crippen LogP contribution in [0.1, 0.15) is 26.7 Å². The van der Waals surface area contributed by atoms with E-state index in [9.17, 15) is 4.79 Å². The molecule has 82 valence electrons. The fourth-order valence-electron chi connectivity index (χ4n) is 1.14. The van der Waals surface area contributed by atoms with Crippen molar-refractivity contribution in [1.29, 1.82) is 0 Å². The number of hydrogen-bond acceptors (Lipinski definition) is 3. The van der Waals surface area contributed by atoms with Crippen molar-refractivity contribution in [3.05, 3.63) is 0 Å². The molecule has 3 N–H and O–H groups in total. The summed E-state index contributed by atoms with van der Waals surface area (Å²) < 4.78 is 0. The van der Waals surface area contributed by atoms with Gasteiger partial charge < -0.3 is 16.0 Å². The summed E-state index contributed by atoms with van der Waals surface area (Å²) >= 11 is 0. The first kappa shape index (κ1) is 11.5. The summed E-state index contributed by atoms with van der Waals surface area (Å²) in [4.78, 5) is 13.6. The molecule has 0 saturated heterocycles. The molecule has 0 spiro atoms. The van der Waals surface area contributed by atoms with Crippen LogP contribution >= 0.6 is 0 Å². The molecule has 1 amide bonds. The third-order valence-electron chi connectivity index (χ3n) is 2.87. The van der Waals surface area contributed by atoms with Gasteiger partial charge >= 0.3 is 0 Å². The molecule has 1 fully saturated rings. The molecule has 1 aliphatic carbocycles. The molecule has 0 aromatic heterocycles. The van der Waals surface area contributed by atoms with E-state index in [1.807, 2.05) is 7.05 Å². The summed E-state index contributed by atoms with van der Waals surface area (Å²) in [6, 6.07) is 0.514. The molecule has 14 heavy (non-hydrogen) atoms. The van der Waals surface area contributed by atoms with Gasteiger partial charge in [-0.25, -0.2) is 0 Å². The average Bonchev–Trinajstić information content (AvgIpc) is 2.84. The molecule has 0 heterocycles. The van der Waals surface area contributed by atoms with Gasteiger partial charge in [-0.1, -0.05) is 0 Å². The van der Waals surface area contributed by atoms with Crippen LogP contribution in [0.5, 0.6) is 0 Å². The maximum atomic E-state index is 11.4. The van der Waals surface area contributed by atoms with E-state index >= 15 is 0 Å². The Balaban J connectivity index is 2.12. The number of rotatable bonds is 5. The molecule has 0 bridgehead atoms. The Morgan fingerprint density at radius 2 is 2.14 bits per heavy atom. The monoisotopic (exact) mass is 199 g/mol. The first-order valence-corrected chi connectivity index (χ1v) is 5.23. The van der Waals surface area contributed by atoms with E-state index in [-0.39, 0.29) is 5.91 Å². The molecule has 0 aliphatic heterocycles. The van der Waals surface area contributed by atoms with Crippen LogP contribution in [0.3, 0.4) is 0 Å². The number of amides is 1. The first-order chi connectivity index (χ1) is 6.46. The Labute approximate surface area is 85.8 Å². The number of likely N-dealkylation sites (N-methyl/N-ethyl adjacent to an activating group) is 1. The van der Waals surface area contributed by atoms with Crippen LogP contribution in [0, 0.1) is 0 Å². The summed E-state index contributed by atoms with van der Waals surface area (Å²) in [5, 5.41) is 2.87. The highest BCUT2D eigenvalue weighted by Gasteiger charge is 2.45. The molecule has 1 saturated carbocycles. The Bertz CT molecular complexity index is 211. The molecule has 4 nitrogen and oxygen atoms in total. The minimum atomic E-state index is -0.531. The molecule has 0 aromatic rings. The van der Waals surface area contributed by atoms with Gasteiger partial charge in [-0.05, 0) is 33.7 Å². The third kappa shape index (κ3) is 2.96. The molecule has 0 atom stereocenters. The van der Waals surface area contributed by atoms with Gasteiger partial charge in [0.15, 0.2) is 0 Å². The second-order valence-corrected chi connectivity index (χ2v) is 4.49. The van der Waals surface area contributed by atoms with Crippen LogP contribution in [0.4, 0.5) is 0 Å². The fraction of sp³-hybridized carbons (Fsp3) is 0.900. The molecule has 0 unspecified atom stereocenters. The van der Waals surface area contributed by atoms with Crippen molar-refractivity contribution < 1.29 is 4.79 Å². The van der Waals surface area contributed by atoms with Crippen LogP contribution in [-0.2, 0) is 4.79 Å². The quantitative estimate of drug-likeness (QED) is 0.652. The summed E-state index contributed by atoms with van der Waals surface area (Å²) in [5.74, 6) is 0.00894. The van der Waals surface area contributed by atoms with E-state index in [2.05, 4.69) is 24.1 Å². The molecule has 4 heteroatoms. The first-order valence-electron chi connectivity index (χ1n) is 5.23. The largest absolute Gasteiger partial charge is 0.353 e. The van der Waals surface area contributed by atoms with Gasteiger partial charge in [0, 0.05) is 19.1 Å². The maximum absolute atomic E-state index is 11.4. The standard InChI is InChI=1S/C10H21N3O/c1-8(2)13(3)7-6-12-9(14)10(11)4-5-10/h8H,4-7,11H2,1-3H3,(H,12,14). The van der Waals surface area contributed by atoms with Crippen LogP contribution in [-0.4, -0.2) is 42.5 Å². The van der Waals surface area contributed by atoms with E-state index in [0.717, 1.165) is 19.4 Å². The SMILES string of the molecule is CC(C)N(C)CCNC(=O)C1(N)CC1. The number of carbonyl (C=O) groups is 1. The van der Waals surface area contributed by atoms with Crippen LogP contribution < -0.4 is 11.1 Å². The van der Waals surface area contributed by atoms with Crippen molar-refractivity contribution in [1.82, 2.24) is 10.2 Å². The lowest BCUT2D eigenvalue weighted by Gasteiger charge is -2.21. The van der Waals surface area contributed by atoms with Crippen LogP contribution in [0.2, 0.25) is 0 Å². The van der Waals surface area contributed by atoms with Crippen molar-refractivity contribution >= 4 is 5.91 Å². The van der Waals surface area contributed by atoms with Crippen molar-refractivity contribution in [2.45, 2.75) is 38.3 Å². The summed E-state index contributed by atoms with van der Waals surface area (Å²) in [5.41, 5.74) is 5.21. The number of nitrogens with one attached hydrogen (secondary N) is 1. The highest BCUT2D eigenvalue weighted by atomic mass is 16.2. The minimum Gasteiger partial charge on any atom is -0.353 e. The van der Waals surface area contributed by atoms with E-state index in [1.165, 1.54) is 0 Å². The third-order valence-corrected chi connectivity index (χ3v) is 2.87. The predicted molar refractivity (Wildman–Crippen MR) is 56.9 cm³/mol. The van der Waals surface area contributed by atoms with Gasteiger partial charge in [-0.15, -0.1) is 0 Å². The van der Waals surface area contributed by atoms with Crippen molar-refractivity contribution in [3.8, 4) is 0 Å². The van der Waals surface area contributed by atoms with Crippen molar-refractivity contribution in [2.24, 2.45) is 5.73 Å². The Kier molecular flexibility index (Phi) is 3.50. The van der Waals surface area contributed by atoms with Gasteiger partial charge in [0.2, 0.25) is 5.91 Å². The van der Waals surface area contributed by atoms with E-state index in [4.69, 9.17) is 5.73 Å². The van der Waals surface area contributed by atoms with Gasteiger partial charge in [-0.3, -0.25) is 4.79 Å². The number of nitrogens with two attached hydrogens (primary N) is 1. The number of hydrogen-bond donors (Lipinski definition) is 2. The Hall–Kier alpha value is -0.610. The van der Waals surface area contributed by atoms with Crippen LogP contribution in [0.25, 0.3) is 0 Å². The molecule has 0 radical (unpaired) electrons. The van der Waals surface area contributed by atoms with E-state index in [1.54, 1.807) is 0 Å². The average molecular weight is 199 g/mol. The number of nitrogens with zero attached hydrogens (tertiary/aromatic N) is 1.